The van der Waals surface area contributed by atoms with Gasteiger partial charge in [-0.1, -0.05) is 29.8 Å². The van der Waals surface area contributed by atoms with E-state index in [2.05, 4.69) is 34.8 Å². The van der Waals surface area contributed by atoms with Gasteiger partial charge in [-0.3, -0.25) is 4.98 Å². The van der Waals surface area contributed by atoms with Crippen molar-refractivity contribution in [3.63, 3.8) is 0 Å². The van der Waals surface area contributed by atoms with Crippen LogP contribution in [0.1, 0.15) is 31.0 Å². The molecule has 0 aliphatic carbocycles. The van der Waals surface area contributed by atoms with Crippen molar-refractivity contribution in [1.29, 1.82) is 0 Å². The van der Waals surface area contributed by atoms with Gasteiger partial charge < -0.3 is 0 Å². The molecule has 0 saturated heterocycles. The number of nitrogens with zero attached hydrogens (tertiary/aromatic N) is 1. The van der Waals surface area contributed by atoms with Gasteiger partial charge in [0.2, 0.25) is 0 Å². The van der Waals surface area contributed by atoms with Gasteiger partial charge in [-0.05, 0) is 35.7 Å². The quantitative estimate of drug-likeness (QED) is 0.744. The van der Waals surface area contributed by atoms with E-state index in [4.69, 9.17) is 0 Å². The normalized spacial score (nSPS) is 11.3. The first-order chi connectivity index (χ1) is 7.61. The van der Waals surface area contributed by atoms with E-state index in [0.717, 1.165) is 27.5 Å². The zero-order valence-electron chi connectivity index (χ0n) is 9.30. The van der Waals surface area contributed by atoms with Crippen LogP contribution < -0.4 is 0 Å². The molecule has 2 aromatic rings. The number of pyridine rings is 1. The van der Waals surface area contributed by atoms with Crippen LogP contribution in [0, 0.1) is 5.82 Å². The van der Waals surface area contributed by atoms with Gasteiger partial charge in [0.25, 0.3) is 0 Å². The lowest BCUT2D eigenvalue weighted by atomic mass is 10.0. The average Bonchev–Trinajstić information content (AvgIpc) is 2.27. The minimum absolute atomic E-state index is 0.214. The Morgan fingerprint density at radius 2 is 2.06 bits per heavy atom. The maximum Gasteiger partial charge on any atom is 0.123 e. The van der Waals surface area contributed by atoms with E-state index in [1.165, 1.54) is 6.07 Å². The number of benzene rings is 1. The summed E-state index contributed by atoms with van der Waals surface area (Å²) in [6.45, 7) is 4.21. The highest BCUT2D eigenvalue weighted by atomic mass is 79.9. The lowest BCUT2D eigenvalue weighted by molar-refractivity contribution is 0.629. The molecule has 0 unspecified atom stereocenters. The lowest BCUT2D eigenvalue weighted by Gasteiger charge is -2.10. The molecule has 0 spiro atoms. The van der Waals surface area contributed by atoms with Crippen LogP contribution in [-0.4, -0.2) is 4.98 Å². The summed E-state index contributed by atoms with van der Waals surface area (Å²) in [6.07, 6.45) is 0. The first-order valence-electron chi connectivity index (χ1n) is 5.27. The third kappa shape index (κ3) is 2.09. The Hall–Kier alpha value is -0.960. The number of rotatable bonds is 2. The van der Waals surface area contributed by atoms with Gasteiger partial charge in [0, 0.05) is 16.4 Å². The second-order valence-electron chi connectivity index (χ2n) is 4.16. The van der Waals surface area contributed by atoms with Gasteiger partial charge in [-0.2, -0.15) is 0 Å². The molecular formula is C13H13BrFN. The van der Waals surface area contributed by atoms with E-state index in [1.807, 2.05) is 6.07 Å². The van der Waals surface area contributed by atoms with E-state index in [0.29, 0.717) is 5.92 Å². The van der Waals surface area contributed by atoms with Crippen LogP contribution in [0.5, 0.6) is 0 Å². The van der Waals surface area contributed by atoms with Crippen molar-refractivity contribution in [1.82, 2.24) is 4.98 Å². The predicted octanol–water partition coefficient (Wildman–Crippen LogP) is 4.39. The lowest BCUT2D eigenvalue weighted by Crippen LogP contribution is -1.96. The highest BCUT2D eigenvalue weighted by Gasteiger charge is 2.08. The van der Waals surface area contributed by atoms with Crippen LogP contribution in [0.25, 0.3) is 10.9 Å². The zero-order valence-corrected chi connectivity index (χ0v) is 10.9. The first kappa shape index (κ1) is 11.5. The van der Waals surface area contributed by atoms with E-state index < -0.39 is 0 Å². The van der Waals surface area contributed by atoms with Gasteiger partial charge in [0.1, 0.15) is 5.82 Å². The Kier molecular flexibility index (Phi) is 3.24. The molecule has 1 aromatic carbocycles. The Morgan fingerprint density at radius 3 is 2.69 bits per heavy atom. The molecule has 0 bridgehead atoms. The Morgan fingerprint density at radius 1 is 1.31 bits per heavy atom. The summed E-state index contributed by atoms with van der Waals surface area (Å²) < 4.78 is 13.2. The average molecular weight is 282 g/mol. The van der Waals surface area contributed by atoms with Crippen molar-refractivity contribution in [2.24, 2.45) is 0 Å². The van der Waals surface area contributed by atoms with Crippen LogP contribution in [0.15, 0.2) is 24.3 Å². The van der Waals surface area contributed by atoms with Crippen LogP contribution in [0.4, 0.5) is 4.39 Å². The standard InChI is InChI=1S/C13H13BrFN/c1-8(2)13-5-9(7-14)11-6-10(15)3-4-12(11)16-13/h3-6,8H,7H2,1-2H3. The first-order valence-corrected chi connectivity index (χ1v) is 6.39. The Bertz CT molecular complexity index is 523. The van der Waals surface area contributed by atoms with E-state index in [1.54, 1.807) is 12.1 Å². The van der Waals surface area contributed by atoms with E-state index in [9.17, 15) is 4.39 Å². The van der Waals surface area contributed by atoms with Crippen LogP contribution >= 0.6 is 15.9 Å². The number of halogens is 2. The van der Waals surface area contributed by atoms with Crippen LogP contribution in [0.3, 0.4) is 0 Å². The second-order valence-corrected chi connectivity index (χ2v) is 4.72. The smallest absolute Gasteiger partial charge is 0.123 e. The number of alkyl halides is 1. The van der Waals surface area contributed by atoms with Crippen molar-refractivity contribution in [3.8, 4) is 0 Å². The molecule has 1 aromatic heterocycles. The van der Waals surface area contributed by atoms with Gasteiger partial charge in [-0.15, -0.1) is 0 Å². The molecule has 3 heteroatoms. The molecule has 1 heterocycles. The largest absolute Gasteiger partial charge is 0.253 e. The van der Waals surface area contributed by atoms with Gasteiger partial charge in [-0.25, -0.2) is 4.39 Å². The Labute approximate surface area is 103 Å². The summed E-state index contributed by atoms with van der Waals surface area (Å²) in [6, 6.07) is 6.78. The minimum atomic E-state index is -0.214. The molecule has 0 saturated carbocycles. The highest BCUT2D eigenvalue weighted by Crippen LogP contribution is 2.24. The molecule has 0 N–H and O–H groups in total. The molecule has 0 radical (unpaired) electrons. The van der Waals surface area contributed by atoms with Crippen molar-refractivity contribution in [3.05, 3.63) is 41.3 Å². The molecule has 2 rings (SSSR count). The zero-order chi connectivity index (χ0) is 11.7. The van der Waals surface area contributed by atoms with Crippen LogP contribution in [0.2, 0.25) is 0 Å². The number of hydrogen-bond acceptors (Lipinski definition) is 1. The summed E-state index contributed by atoms with van der Waals surface area (Å²) in [5, 5.41) is 1.61. The third-order valence-electron chi connectivity index (χ3n) is 2.61. The highest BCUT2D eigenvalue weighted by molar-refractivity contribution is 9.08. The second kappa shape index (κ2) is 4.50. The van der Waals surface area contributed by atoms with Gasteiger partial charge in [0.15, 0.2) is 0 Å². The molecule has 0 amide bonds. The molecule has 0 aliphatic heterocycles. The maximum atomic E-state index is 13.2. The number of hydrogen-bond donors (Lipinski definition) is 0. The molecule has 16 heavy (non-hydrogen) atoms. The van der Waals surface area contributed by atoms with Crippen molar-refractivity contribution in [2.75, 3.05) is 0 Å². The fourth-order valence-electron chi connectivity index (χ4n) is 1.70. The third-order valence-corrected chi connectivity index (χ3v) is 3.22. The Balaban J connectivity index is 2.73. The van der Waals surface area contributed by atoms with Crippen molar-refractivity contribution >= 4 is 26.8 Å². The van der Waals surface area contributed by atoms with Crippen molar-refractivity contribution < 1.29 is 4.39 Å². The monoisotopic (exact) mass is 281 g/mol. The molecule has 0 atom stereocenters. The maximum absolute atomic E-state index is 13.2. The SMILES string of the molecule is CC(C)c1cc(CBr)c2cc(F)ccc2n1. The van der Waals surface area contributed by atoms with Crippen LogP contribution in [-0.2, 0) is 5.33 Å². The number of aromatic nitrogens is 1. The van der Waals surface area contributed by atoms with Gasteiger partial charge in [0.05, 0.1) is 5.52 Å². The topological polar surface area (TPSA) is 12.9 Å². The minimum Gasteiger partial charge on any atom is -0.253 e. The summed E-state index contributed by atoms with van der Waals surface area (Å²) in [5.41, 5.74) is 3.00. The van der Waals surface area contributed by atoms with Gasteiger partial charge >= 0.3 is 0 Å². The fraction of sp³-hybridized carbons (Fsp3) is 0.308. The molecule has 84 valence electrons. The van der Waals surface area contributed by atoms with Crippen molar-refractivity contribution in [2.45, 2.75) is 25.1 Å². The fourth-order valence-corrected chi connectivity index (χ4v) is 2.16. The van der Waals surface area contributed by atoms with E-state index in [-0.39, 0.29) is 5.82 Å². The van der Waals surface area contributed by atoms with E-state index >= 15 is 0 Å². The molecular weight excluding hydrogens is 269 g/mol. The molecule has 1 nitrogen and oxygen atoms in total. The molecule has 0 aliphatic rings. The summed E-state index contributed by atoms with van der Waals surface area (Å²) in [7, 11) is 0. The summed E-state index contributed by atoms with van der Waals surface area (Å²) in [4.78, 5) is 4.54. The predicted molar refractivity (Wildman–Crippen MR) is 68.4 cm³/mol. The summed E-state index contributed by atoms with van der Waals surface area (Å²) in [5.74, 6) is 0.168. The number of fused-ring (bicyclic) bond motifs is 1. The molecule has 0 fully saturated rings. The summed E-state index contributed by atoms with van der Waals surface area (Å²) >= 11 is 3.44.